The van der Waals surface area contributed by atoms with Gasteiger partial charge in [-0.1, -0.05) is 20.8 Å². The fraction of sp³-hybridized carbons (Fsp3) is 0.692. The van der Waals surface area contributed by atoms with Crippen molar-refractivity contribution in [1.82, 2.24) is 14.9 Å². The van der Waals surface area contributed by atoms with Crippen molar-refractivity contribution >= 4 is 5.82 Å². The summed E-state index contributed by atoms with van der Waals surface area (Å²) in [5.74, 6) is 0.920. The molecule has 0 saturated heterocycles. The van der Waals surface area contributed by atoms with E-state index in [0.29, 0.717) is 0 Å². The highest BCUT2D eigenvalue weighted by molar-refractivity contribution is 5.36. The molecule has 1 N–H and O–H groups in total. The lowest BCUT2D eigenvalue weighted by molar-refractivity contribution is 0.405. The van der Waals surface area contributed by atoms with Crippen LogP contribution in [0.15, 0.2) is 12.4 Å². The minimum atomic E-state index is 0. The van der Waals surface area contributed by atoms with Crippen LogP contribution in [0.25, 0.3) is 0 Å². The van der Waals surface area contributed by atoms with Gasteiger partial charge in [0.05, 0.1) is 5.69 Å². The molecule has 0 spiro atoms. The molecular formula is C13H26N4. The van der Waals surface area contributed by atoms with Crippen molar-refractivity contribution < 1.29 is 1.43 Å². The van der Waals surface area contributed by atoms with E-state index in [0.717, 1.165) is 31.0 Å². The molecule has 1 aromatic rings. The van der Waals surface area contributed by atoms with Crippen LogP contribution < -0.4 is 5.32 Å². The molecule has 98 valence electrons. The van der Waals surface area contributed by atoms with Crippen LogP contribution in [-0.4, -0.2) is 42.1 Å². The Balaban J connectivity index is 0.00000289. The van der Waals surface area contributed by atoms with Crippen LogP contribution >= 0.6 is 0 Å². The Morgan fingerprint density at radius 1 is 1.29 bits per heavy atom. The number of nitrogens with zero attached hydrogens (tertiary/aromatic N) is 3. The molecule has 0 unspecified atom stereocenters. The third-order valence-electron chi connectivity index (χ3n) is 2.52. The number of hydrogen-bond donors (Lipinski definition) is 1. The fourth-order valence-electron chi connectivity index (χ4n) is 1.48. The Labute approximate surface area is 106 Å². The molecule has 1 aromatic heterocycles. The van der Waals surface area contributed by atoms with Gasteiger partial charge in [-0.2, -0.15) is 0 Å². The molecule has 0 aliphatic heterocycles. The van der Waals surface area contributed by atoms with E-state index in [1.54, 1.807) is 6.33 Å². The van der Waals surface area contributed by atoms with Crippen LogP contribution in [0.2, 0.25) is 0 Å². The zero-order valence-electron chi connectivity index (χ0n) is 11.6. The molecule has 0 aliphatic carbocycles. The predicted octanol–water partition coefficient (Wildman–Crippen LogP) is 2.38. The van der Waals surface area contributed by atoms with Gasteiger partial charge in [0.2, 0.25) is 0 Å². The highest BCUT2D eigenvalue weighted by atomic mass is 15.1. The lowest BCUT2D eigenvalue weighted by Crippen LogP contribution is -2.17. The van der Waals surface area contributed by atoms with E-state index in [1.807, 2.05) is 6.07 Å². The Morgan fingerprint density at radius 3 is 2.59 bits per heavy atom. The second kappa shape index (κ2) is 5.96. The average molecular weight is 238 g/mol. The standard InChI is InChI=1S/C13H24N4.H2/c1-13(2,3)11-9-12(16-10-15-11)14-7-6-8-17(4)5;/h9-10H,6-8H2,1-5H3,(H,14,15,16);1H. The minimum absolute atomic E-state index is 0. The van der Waals surface area contributed by atoms with E-state index >= 15 is 0 Å². The third-order valence-corrected chi connectivity index (χ3v) is 2.52. The quantitative estimate of drug-likeness (QED) is 0.800. The molecule has 0 amide bonds. The first-order valence-electron chi connectivity index (χ1n) is 6.11. The Bertz CT molecular complexity index is 347. The topological polar surface area (TPSA) is 41.0 Å². The lowest BCUT2D eigenvalue weighted by atomic mass is 9.92. The monoisotopic (exact) mass is 238 g/mol. The van der Waals surface area contributed by atoms with Crippen LogP contribution in [0.5, 0.6) is 0 Å². The fourth-order valence-corrected chi connectivity index (χ4v) is 1.48. The second-order valence-electron chi connectivity index (χ2n) is 5.62. The van der Waals surface area contributed by atoms with Crippen molar-refractivity contribution in [3.63, 3.8) is 0 Å². The number of rotatable bonds is 5. The molecule has 0 aromatic carbocycles. The van der Waals surface area contributed by atoms with Gasteiger partial charge in [0.1, 0.15) is 12.1 Å². The molecule has 0 atom stereocenters. The predicted molar refractivity (Wildman–Crippen MR) is 74.5 cm³/mol. The van der Waals surface area contributed by atoms with Crippen molar-refractivity contribution in [2.45, 2.75) is 32.6 Å². The van der Waals surface area contributed by atoms with Gasteiger partial charge < -0.3 is 10.2 Å². The Morgan fingerprint density at radius 2 is 2.00 bits per heavy atom. The summed E-state index contributed by atoms with van der Waals surface area (Å²) in [6.45, 7) is 8.50. The van der Waals surface area contributed by atoms with Gasteiger partial charge in [-0.05, 0) is 27.1 Å². The number of hydrogen-bond acceptors (Lipinski definition) is 4. The lowest BCUT2D eigenvalue weighted by Gasteiger charge is -2.18. The van der Waals surface area contributed by atoms with E-state index in [-0.39, 0.29) is 6.84 Å². The smallest absolute Gasteiger partial charge is 0.129 e. The molecule has 0 saturated carbocycles. The van der Waals surface area contributed by atoms with Crippen LogP contribution in [-0.2, 0) is 5.41 Å². The van der Waals surface area contributed by atoms with Crippen molar-refractivity contribution in [1.29, 1.82) is 0 Å². The van der Waals surface area contributed by atoms with Crippen molar-refractivity contribution in [3.8, 4) is 0 Å². The van der Waals surface area contributed by atoms with Crippen LogP contribution in [0.3, 0.4) is 0 Å². The largest absolute Gasteiger partial charge is 0.370 e. The first-order chi connectivity index (χ1) is 7.89. The zero-order valence-corrected chi connectivity index (χ0v) is 11.6. The van der Waals surface area contributed by atoms with Gasteiger partial charge in [-0.25, -0.2) is 9.97 Å². The van der Waals surface area contributed by atoms with Gasteiger partial charge in [-0.15, -0.1) is 0 Å². The highest BCUT2D eigenvalue weighted by Crippen LogP contribution is 2.20. The molecule has 0 fully saturated rings. The first kappa shape index (κ1) is 13.9. The van der Waals surface area contributed by atoms with Gasteiger partial charge in [0.25, 0.3) is 0 Å². The van der Waals surface area contributed by atoms with Crippen LogP contribution in [0, 0.1) is 0 Å². The normalized spacial score (nSPS) is 11.9. The molecule has 0 bridgehead atoms. The summed E-state index contributed by atoms with van der Waals surface area (Å²) in [6.07, 6.45) is 2.75. The molecule has 17 heavy (non-hydrogen) atoms. The molecule has 0 aliphatic rings. The summed E-state index contributed by atoms with van der Waals surface area (Å²) in [4.78, 5) is 10.7. The van der Waals surface area contributed by atoms with Gasteiger partial charge in [0.15, 0.2) is 0 Å². The molecule has 1 heterocycles. The van der Waals surface area contributed by atoms with Crippen molar-refractivity contribution in [3.05, 3.63) is 18.1 Å². The summed E-state index contributed by atoms with van der Waals surface area (Å²) in [5, 5.41) is 3.33. The molecule has 4 heteroatoms. The number of nitrogens with one attached hydrogen (secondary N) is 1. The SMILES string of the molecule is CN(C)CCCNc1cc(C(C)(C)C)ncn1.[HH]. The van der Waals surface area contributed by atoms with Crippen LogP contribution in [0.4, 0.5) is 5.82 Å². The Hall–Kier alpha value is -1.16. The zero-order chi connectivity index (χ0) is 12.9. The minimum Gasteiger partial charge on any atom is -0.370 e. The van der Waals surface area contributed by atoms with E-state index in [9.17, 15) is 0 Å². The van der Waals surface area contributed by atoms with E-state index in [1.165, 1.54) is 0 Å². The van der Waals surface area contributed by atoms with Gasteiger partial charge >= 0.3 is 0 Å². The maximum absolute atomic E-state index is 4.31. The summed E-state index contributed by atoms with van der Waals surface area (Å²) in [6, 6.07) is 2.04. The molecular weight excluding hydrogens is 212 g/mol. The summed E-state index contributed by atoms with van der Waals surface area (Å²) < 4.78 is 0. The van der Waals surface area contributed by atoms with Gasteiger partial charge in [-0.3, -0.25) is 0 Å². The van der Waals surface area contributed by atoms with E-state index in [2.05, 4.69) is 55.1 Å². The van der Waals surface area contributed by atoms with E-state index < -0.39 is 0 Å². The van der Waals surface area contributed by atoms with Crippen molar-refractivity contribution in [2.75, 3.05) is 32.5 Å². The summed E-state index contributed by atoms with van der Waals surface area (Å²) in [7, 11) is 4.17. The molecule has 4 nitrogen and oxygen atoms in total. The first-order valence-corrected chi connectivity index (χ1v) is 6.11. The number of aromatic nitrogens is 2. The average Bonchev–Trinajstić information content (AvgIpc) is 2.23. The van der Waals surface area contributed by atoms with Crippen molar-refractivity contribution in [2.24, 2.45) is 0 Å². The van der Waals surface area contributed by atoms with E-state index in [4.69, 9.17) is 0 Å². The maximum atomic E-state index is 4.31. The molecule has 1 rings (SSSR count). The maximum Gasteiger partial charge on any atom is 0.129 e. The van der Waals surface area contributed by atoms with Gasteiger partial charge in [0, 0.05) is 19.5 Å². The summed E-state index contributed by atoms with van der Waals surface area (Å²) in [5.41, 5.74) is 1.14. The highest BCUT2D eigenvalue weighted by Gasteiger charge is 2.15. The summed E-state index contributed by atoms with van der Waals surface area (Å²) >= 11 is 0. The van der Waals surface area contributed by atoms with Crippen LogP contribution in [0.1, 0.15) is 34.3 Å². The third kappa shape index (κ3) is 5.13. The Kier molecular flexibility index (Phi) is 4.87. The number of anilines is 1. The molecule has 0 radical (unpaired) electrons. The second-order valence-corrected chi connectivity index (χ2v) is 5.62.